The van der Waals surface area contributed by atoms with E-state index in [2.05, 4.69) is 0 Å². The van der Waals surface area contributed by atoms with E-state index in [4.69, 9.17) is 5.73 Å². The van der Waals surface area contributed by atoms with Crippen LogP contribution in [0.15, 0.2) is 24.3 Å². The highest BCUT2D eigenvalue weighted by Crippen LogP contribution is 2.16. The van der Waals surface area contributed by atoms with Gasteiger partial charge in [-0.1, -0.05) is 18.2 Å². The van der Waals surface area contributed by atoms with Crippen molar-refractivity contribution in [3.8, 4) is 5.75 Å². The summed E-state index contributed by atoms with van der Waals surface area (Å²) in [6.07, 6.45) is 1.79. The molecule has 0 fully saturated rings. The Kier molecular flexibility index (Phi) is 2.93. The molecule has 0 heterocycles. The highest BCUT2D eigenvalue weighted by atomic mass is 16.3. The molecular weight excluding hydrogens is 138 g/mol. The fourth-order valence-electron chi connectivity index (χ4n) is 1.01. The van der Waals surface area contributed by atoms with E-state index in [1.54, 1.807) is 6.07 Å². The lowest BCUT2D eigenvalue weighted by molar-refractivity contribution is 0.467. The van der Waals surface area contributed by atoms with Crippen LogP contribution in [0.2, 0.25) is 0 Å². The van der Waals surface area contributed by atoms with Crippen LogP contribution in [0.1, 0.15) is 12.0 Å². The van der Waals surface area contributed by atoms with Crippen molar-refractivity contribution >= 4 is 0 Å². The summed E-state index contributed by atoms with van der Waals surface area (Å²) in [5.41, 5.74) is 6.33. The molecule has 0 aliphatic carbocycles. The monoisotopic (exact) mass is 151 g/mol. The molecule has 0 aliphatic heterocycles. The Morgan fingerprint density at radius 1 is 1.27 bits per heavy atom. The predicted octanol–water partition coefficient (Wildman–Crippen LogP) is 1.28. The van der Waals surface area contributed by atoms with Gasteiger partial charge >= 0.3 is 0 Å². The van der Waals surface area contributed by atoms with Gasteiger partial charge in [-0.3, -0.25) is 0 Å². The molecule has 1 rings (SSSR count). The minimum atomic E-state index is 0.376. The first-order valence-electron chi connectivity index (χ1n) is 3.81. The molecule has 1 aromatic carbocycles. The van der Waals surface area contributed by atoms with Crippen molar-refractivity contribution < 1.29 is 5.11 Å². The maximum atomic E-state index is 9.30. The Morgan fingerprint density at radius 3 is 2.64 bits per heavy atom. The molecule has 11 heavy (non-hydrogen) atoms. The van der Waals surface area contributed by atoms with Gasteiger partial charge in [-0.2, -0.15) is 0 Å². The first kappa shape index (κ1) is 8.08. The van der Waals surface area contributed by atoms with Gasteiger partial charge in [-0.05, 0) is 31.0 Å². The summed E-state index contributed by atoms with van der Waals surface area (Å²) in [6.45, 7) is 0.675. The van der Waals surface area contributed by atoms with Crippen LogP contribution in [0.5, 0.6) is 5.75 Å². The third-order valence-electron chi connectivity index (χ3n) is 1.64. The average molecular weight is 151 g/mol. The number of aromatic hydroxyl groups is 1. The van der Waals surface area contributed by atoms with Gasteiger partial charge < -0.3 is 10.8 Å². The van der Waals surface area contributed by atoms with Crippen molar-refractivity contribution in [2.75, 3.05) is 6.54 Å². The van der Waals surface area contributed by atoms with Crippen molar-refractivity contribution in [3.05, 3.63) is 29.8 Å². The Balaban J connectivity index is 2.62. The van der Waals surface area contributed by atoms with E-state index in [0.29, 0.717) is 12.3 Å². The van der Waals surface area contributed by atoms with E-state index in [1.807, 2.05) is 18.2 Å². The highest BCUT2D eigenvalue weighted by molar-refractivity contribution is 5.31. The maximum absolute atomic E-state index is 9.30. The Hall–Kier alpha value is -1.02. The second-order valence-electron chi connectivity index (χ2n) is 2.52. The van der Waals surface area contributed by atoms with E-state index in [1.165, 1.54) is 0 Å². The summed E-state index contributed by atoms with van der Waals surface area (Å²) in [6, 6.07) is 7.36. The van der Waals surface area contributed by atoms with E-state index in [0.717, 1.165) is 18.4 Å². The summed E-state index contributed by atoms with van der Waals surface area (Å²) in [5, 5.41) is 9.30. The van der Waals surface area contributed by atoms with Crippen molar-refractivity contribution in [2.24, 2.45) is 5.73 Å². The minimum Gasteiger partial charge on any atom is -0.508 e. The number of rotatable bonds is 3. The van der Waals surface area contributed by atoms with Gasteiger partial charge in [0.05, 0.1) is 0 Å². The van der Waals surface area contributed by atoms with Crippen LogP contribution < -0.4 is 5.73 Å². The van der Waals surface area contributed by atoms with Crippen molar-refractivity contribution in [1.29, 1.82) is 0 Å². The number of aryl methyl sites for hydroxylation is 1. The molecule has 3 N–H and O–H groups in total. The van der Waals surface area contributed by atoms with Gasteiger partial charge in [-0.25, -0.2) is 0 Å². The lowest BCUT2D eigenvalue weighted by atomic mass is 10.1. The molecule has 0 aromatic heterocycles. The fourth-order valence-corrected chi connectivity index (χ4v) is 1.01. The smallest absolute Gasteiger partial charge is 0.118 e. The minimum absolute atomic E-state index is 0.376. The van der Waals surface area contributed by atoms with Crippen LogP contribution in [0, 0.1) is 0 Å². The number of para-hydroxylation sites is 1. The zero-order valence-electron chi connectivity index (χ0n) is 6.46. The SMILES string of the molecule is NCCCc1ccccc1O. The van der Waals surface area contributed by atoms with Crippen molar-refractivity contribution in [2.45, 2.75) is 12.8 Å². The lowest BCUT2D eigenvalue weighted by Gasteiger charge is -2.01. The standard InChI is InChI=1S/C9H13NO/c10-7-3-5-8-4-1-2-6-9(8)11/h1-2,4,6,11H,3,5,7,10H2. The molecule has 0 spiro atoms. The third kappa shape index (κ3) is 2.24. The molecule has 0 amide bonds. The van der Waals surface area contributed by atoms with Crippen LogP contribution >= 0.6 is 0 Å². The molecule has 0 saturated heterocycles. The summed E-state index contributed by atoms with van der Waals surface area (Å²) >= 11 is 0. The molecule has 0 bridgehead atoms. The second-order valence-corrected chi connectivity index (χ2v) is 2.52. The number of phenolic OH excluding ortho intramolecular Hbond substituents is 1. The van der Waals surface area contributed by atoms with Crippen LogP contribution in [0.4, 0.5) is 0 Å². The number of benzene rings is 1. The summed E-state index contributed by atoms with van der Waals surface area (Å²) in [7, 11) is 0. The normalized spacial score (nSPS) is 9.91. The molecule has 60 valence electrons. The van der Waals surface area contributed by atoms with Crippen molar-refractivity contribution in [3.63, 3.8) is 0 Å². The molecule has 0 atom stereocenters. The predicted molar refractivity (Wildman–Crippen MR) is 45.5 cm³/mol. The summed E-state index contributed by atoms with van der Waals surface area (Å²) < 4.78 is 0. The van der Waals surface area contributed by atoms with Gasteiger partial charge in [-0.15, -0.1) is 0 Å². The van der Waals surface area contributed by atoms with Gasteiger partial charge in [0.2, 0.25) is 0 Å². The first-order chi connectivity index (χ1) is 5.34. The zero-order valence-corrected chi connectivity index (χ0v) is 6.46. The lowest BCUT2D eigenvalue weighted by Crippen LogP contribution is -2.00. The molecule has 2 heteroatoms. The van der Waals surface area contributed by atoms with Crippen molar-refractivity contribution in [1.82, 2.24) is 0 Å². The molecule has 0 radical (unpaired) electrons. The third-order valence-corrected chi connectivity index (χ3v) is 1.64. The number of phenols is 1. The summed E-state index contributed by atoms with van der Waals surface area (Å²) in [5.74, 6) is 0.376. The van der Waals surface area contributed by atoms with Crippen LogP contribution in [0.3, 0.4) is 0 Å². The van der Waals surface area contributed by atoms with Gasteiger partial charge in [0.15, 0.2) is 0 Å². The van der Waals surface area contributed by atoms with Crippen LogP contribution in [0.25, 0.3) is 0 Å². The number of hydrogen-bond acceptors (Lipinski definition) is 2. The quantitative estimate of drug-likeness (QED) is 0.683. The van der Waals surface area contributed by atoms with Crippen LogP contribution in [-0.4, -0.2) is 11.7 Å². The van der Waals surface area contributed by atoms with E-state index in [9.17, 15) is 5.11 Å². The Labute approximate surface area is 66.7 Å². The number of hydrogen-bond donors (Lipinski definition) is 2. The zero-order chi connectivity index (χ0) is 8.10. The molecule has 1 aromatic rings. The van der Waals surface area contributed by atoms with Crippen LogP contribution in [-0.2, 0) is 6.42 Å². The topological polar surface area (TPSA) is 46.2 Å². The van der Waals surface area contributed by atoms with Gasteiger partial charge in [0, 0.05) is 0 Å². The van der Waals surface area contributed by atoms with E-state index in [-0.39, 0.29) is 0 Å². The fraction of sp³-hybridized carbons (Fsp3) is 0.333. The molecule has 0 saturated carbocycles. The Bertz CT molecular complexity index is 223. The molecule has 0 aliphatic rings. The van der Waals surface area contributed by atoms with E-state index < -0.39 is 0 Å². The summed E-state index contributed by atoms with van der Waals surface area (Å²) in [4.78, 5) is 0. The maximum Gasteiger partial charge on any atom is 0.118 e. The average Bonchev–Trinajstić information content (AvgIpc) is 2.03. The Morgan fingerprint density at radius 2 is 2.00 bits per heavy atom. The number of nitrogens with two attached hydrogens (primary N) is 1. The second kappa shape index (κ2) is 3.98. The van der Waals surface area contributed by atoms with E-state index >= 15 is 0 Å². The van der Waals surface area contributed by atoms with Gasteiger partial charge in [0.25, 0.3) is 0 Å². The molecular formula is C9H13NO. The highest BCUT2D eigenvalue weighted by Gasteiger charge is 1.96. The molecule has 2 nitrogen and oxygen atoms in total. The largest absolute Gasteiger partial charge is 0.508 e. The molecule has 0 unspecified atom stereocenters. The van der Waals surface area contributed by atoms with Gasteiger partial charge in [0.1, 0.15) is 5.75 Å². The first-order valence-corrected chi connectivity index (χ1v) is 3.81.